The molecule has 2 aromatic carbocycles. The van der Waals surface area contributed by atoms with Gasteiger partial charge < -0.3 is 18.9 Å². The van der Waals surface area contributed by atoms with E-state index in [0.717, 1.165) is 5.56 Å². The Kier molecular flexibility index (Phi) is 6.43. The van der Waals surface area contributed by atoms with Crippen molar-refractivity contribution in [2.75, 3.05) is 28.4 Å². The first-order chi connectivity index (χ1) is 12.5. The number of hydrogen-bond donors (Lipinski definition) is 1. The standard InChI is InChI=1S/C19H22N2O5/c1-12(13-6-8-15(23-2)17(10-13)25-4)20-21-19(22)14-7-9-16(24-3)18(11-14)26-5/h6-11H,1-5H3,(H,21,22)/b20-12-. The third kappa shape index (κ3) is 4.24. The molecule has 1 amide bonds. The summed E-state index contributed by atoms with van der Waals surface area (Å²) in [6, 6.07) is 10.3. The minimum Gasteiger partial charge on any atom is -0.493 e. The van der Waals surface area contributed by atoms with Crippen molar-refractivity contribution in [3.8, 4) is 23.0 Å². The first-order valence-electron chi connectivity index (χ1n) is 7.83. The Morgan fingerprint density at radius 1 is 0.769 bits per heavy atom. The van der Waals surface area contributed by atoms with Gasteiger partial charge in [0.25, 0.3) is 5.91 Å². The van der Waals surface area contributed by atoms with Gasteiger partial charge in [0.1, 0.15) is 0 Å². The quantitative estimate of drug-likeness (QED) is 0.608. The molecule has 0 heterocycles. The normalized spacial score (nSPS) is 10.9. The molecule has 2 rings (SSSR count). The number of nitrogens with zero attached hydrogens (tertiary/aromatic N) is 1. The van der Waals surface area contributed by atoms with Crippen molar-refractivity contribution in [1.82, 2.24) is 5.43 Å². The van der Waals surface area contributed by atoms with Gasteiger partial charge in [0.2, 0.25) is 0 Å². The summed E-state index contributed by atoms with van der Waals surface area (Å²) >= 11 is 0. The molecule has 7 heteroatoms. The molecule has 0 aliphatic carbocycles. The molecule has 0 saturated heterocycles. The molecule has 1 N–H and O–H groups in total. The van der Waals surface area contributed by atoms with Gasteiger partial charge in [0, 0.05) is 11.1 Å². The van der Waals surface area contributed by atoms with E-state index in [0.29, 0.717) is 34.3 Å². The number of carbonyl (C=O) groups is 1. The summed E-state index contributed by atoms with van der Waals surface area (Å²) in [5.74, 6) is 1.88. The van der Waals surface area contributed by atoms with Crippen LogP contribution in [-0.2, 0) is 0 Å². The Labute approximate surface area is 152 Å². The minimum atomic E-state index is -0.356. The van der Waals surface area contributed by atoms with Crippen LogP contribution in [0.4, 0.5) is 0 Å². The van der Waals surface area contributed by atoms with Gasteiger partial charge in [-0.15, -0.1) is 0 Å². The Hall–Kier alpha value is -3.22. The predicted molar refractivity (Wildman–Crippen MR) is 98.8 cm³/mol. The van der Waals surface area contributed by atoms with Crippen molar-refractivity contribution in [2.24, 2.45) is 5.10 Å². The first-order valence-corrected chi connectivity index (χ1v) is 7.83. The highest BCUT2D eigenvalue weighted by Gasteiger charge is 2.11. The van der Waals surface area contributed by atoms with Crippen LogP contribution >= 0.6 is 0 Å². The van der Waals surface area contributed by atoms with E-state index < -0.39 is 0 Å². The van der Waals surface area contributed by atoms with Gasteiger partial charge >= 0.3 is 0 Å². The Morgan fingerprint density at radius 3 is 1.73 bits per heavy atom. The van der Waals surface area contributed by atoms with E-state index in [2.05, 4.69) is 10.5 Å². The molecule has 0 unspecified atom stereocenters. The lowest BCUT2D eigenvalue weighted by molar-refractivity contribution is 0.0954. The van der Waals surface area contributed by atoms with Crippen LogP contribution in [0, 0.1) is 0 Å². The fraction of sp³-hybridized carbons (Fsp3) is 0.263. The maximum absolute atomic E-state index is 12.3. The molecule has 0 saturated carbocycles. The largest absolute Gasteiger partial charge is 0.493 e. The van der Waals surface area contributed by atoms with Crippen molar-refractivity contribution in [2.45, 2.75) is 6.92 Å². The number of hydrogen-bond acceptors (Lipinski definition) is 6. The molecule has 0 spiro atoms. The number of ether oxygens (including phenoxy) is 4. The second-order valence-electron chi connectivity index (χ2n) is 5.28. The molecule has 138 valence electrons. The van der Waals surface area contributed by atoms with E-state index in [-0.39, 0.29) is 5.91 Å². The van der Waals surface area contributed by atoms with Crippen molar-refractivity contribution >= 4 is 11.6 Å². The summed E-state index contributed by atoms with van der Waals surface area (Å²) in [5.41, 5.74) is 4.37. The van der Waals surface area contributed by atoms with Gasteiger partial charge in [-0.05, 0) is 43.3 Å². The zero-order valence-corrected chi connectivity index (χ0v) is 15.5. The number of amides is 1. The van der Waals surface area contributed by atoms with E-state index in [1.54, 1.807) is 51.5 Å². The van der Waals surface area contributed by atoms with Gasteiger partial charge in [0.15, 0.2) is 23.0 Å². The lowest BCUT2D eigenvalue weighted by Crippen LogP contribution is -2.19. The zero-order chi connectivity index (χ0) is 19.1. The van der Waals surface area contributed by atoms with E-state index in [9.17, 15) is 4.79 Å². The van der Waals surface area contributed by atoms with Crippen molar-refractivity contribution in [3.05, 3.63) is 47.5 Å². The van der Waals surface area contributed by atoms with Crippen molar-refractivity contribution in [3.63, 3.8) is 0 Å². The summed E-state index contributed by atoms with van der Waals surface area (Å²) in [6.07, 6.45) is 0. The monoisotopic (exact) mass is 358 g/mol. The fourth-order valence-corrected chi connectivity index (χ4v) is 2.30. The molecular weight excluding hydrogens is 336 g/mol. The maximum Gasteiger partial charge on any atom is 0.271 e. The number of benzene rings is 2. The molecule has 0 radical (unpaired) electrons. The molecule has 0 atom stereocenters. The van der Waals surface area contributed by atoms with Crippen molar-refractivity contribution in [1.29, 1.82) is 0 Å². The second-order valence-corrected chi connectivity index (χ2v) is 5.28. The minimum absolute atomic E-state index is 0.356. The Balaban J connectivity index is 2.17. The number of rotatable bonds is 7. The van der Waals surface area contributed by atoms with Crippen LogP contribution in [0.15, 0.2) is 41.5 Å². The molecular formula is C19H22N2O5. The van der Waals surface area contributed by atoms with Crippen LogP contribution in [0.25, 0.3) is 0 Å². The summed E-state index contributed by atoms with van der Waals surface area (Å²) in [5, 5.41) is 4.15. The van der Waals surface area contributed by atoms with Crippen molar-refractivity contribution < 1.29 is 23.7 Å². The van der Waals surface area contributed by atoms with Crippen LogP contribution in [0.3, 0.4) is 0 Å². The van der Waals surface area contributed by atoms with Gasteiger partial charge in [0.05, 0.1) is 34.2 Å². The second kappa shape index (κ2) is 8.75. The third-order valence-corrected chi connectivity index (χ3v) is 3.77. The summed E-state index contributed by atoms with van der Waals surface area (Å²) in [7, 11) is 6.18. The molecule has 26 heavy (non-hydrogen) atoms. The van der Waals surface area contributed by atoms with Crippen LogP contribution in [0.1, 0.15) is 22.8 Å². The number of carbonyl (C=O) groups excluding carboxylic acids is 1. The molecule has 0 bridgehead atoms. The summed E-state index contributed by atoms with van der Waals surface area (Å²) in [4.78, 5) is 12.3. The summed E-state index contributed by atoms with van der Waals surface area (Å²) in [6.45, 7) is 1.79. The molecule has 0 aliphatic heterocycles. The maximum atomic E-state index is 12.3. The highest BCUT2D eigenvalue weighted by Crippen LogP contribution is 2.28. The molecule has 0 aromatic heterocycles. The molecule has 2 aromatic rings. The number of hydrazone groups is 1. The first kappa shape index (κ1) is 19.1. The Bertz CT molecular complexity index is 818. The molecule has 0 aliphatic rings. The van der Waals surface area contributed by atoms with E-state index >= 15 is 0 Å². The van der Waals surface area contributed by atoms with Gasteiger partial charge in [-0.2, -0.15) is 5.10 Å². The third-order valence-electron chi connectivity index (χ3n) is 3.77. The van der Waals surface area contributed by atoms with Crippen LogP contribution in [0.2, 0.25) is 0 Å². The van der Waals surface area contributed by atoms with E-state index in [4.69, 9.17) is 18.9 Å². The van der Waals surface area contributed by atoms with Crippen LogP contribution in [-0.4, -0.2) is 40.1 Å². The van der Waals surface area contributed by atoms with Gasteiger partial charge in [-0.1, -0.05) is 0 Å². The fourth-order valence-electron chi connectivity index (χ4n) is 2.30. The molecule has 7 nitrogen and oxygen atoms in total. The van der Waals surface area contributed by atoms with E-state index in [1.807, 2.05) is 6.07 Å². The zero-order valence-electron chi connectivity index (χ0n) is 15.5. The summed E-state index contributed by atoms with van der Waals surface area (Å²) < 4.78 is 20.9. The van der Waals surface area contributed by atoms with Gasteiger partial charge in [-0.25, -0.2) is 5.43 Å². The van der Waals surface area contributed by atoms with Gasteiger partial charge in [-0.3, -0.25) is 4.79 Å². The average Bonchev–Trinajstić information content (AvgIpc) is 2.70. The lowest BCUT2D eigenvalue weighted by Gasteiger charge is -2.10. The van der Waals surface area contributed by atoms with Crippen LogP contribution in [0.5, 0.6) is 23.0 Å². The average molecular weight is 358 g/mol. The highest BCUT2D eigenvalue weighted by atomic mass is 16.5. The number of nitrogens with one attached hydrogen (secondary N) is 1. The number of methoxy groups -OCH3 is 4. The predicted octanol–water partition coefficient (Wildman–Crippen LogP) is 2.88. The van der Waals surface area contributed by atoms with Crippen LogP contribution < -0.4 is 24.4 Å². The topological polar surface area (TPSA) is 78.4 Å². The smallest absolute Gasteiger partial charge is 0.271 e. The molecule has 0 fully saturated rings. The SMILES string of the molecule is COc1ccc(C(=O)N/N=C(/C)c2ccc(OC)c(OC)c2)cc1OC. The highest BCUT2D eigenvalue weighted by molar-refractivity contribution is 6.01. The van der Waals surface area contributed by atoms with E-state index in [1.165, 1.54) is 14.2 Å². The Morgan fingerprint density at radius 2 is 1.23 bits per heavy atom. The lowest BCUT2D eigenvalue weighted by atomic mass is 10.1.